The molecule has 0 aliphatic carbocycles. The summed E-state index contributed by atoms with van der Waals surface area (Å²) in [7, 11) is 0. The summed E-state index contributed by atoms with van der Waals surface area (Å²) in [5, 5.41) is 17.9. The van der Waals surface area contributed by atoms with Crippen LogP contribution in [0.15, 0.2) is 24.3 Å². The van der Waals surface area contributed by atoms with Gasteiger partial charge in [-0.1, -0.05) is 30.0 Å². The number of benzene rings is 1. The topological polar surface area (TPSA) is 43.7 Å². The fraction of sp³-hybridized carbons (Fsp3) is 0.529. The maximum absolute atomic E-state index is 9.08. The van der Waals surface area contributed by atoms with Crippen LogP contribution in [0.5, 0.6) is 0 Å². The van der Waals surface area contributed by atoms with E-state index < -0.39 is 0 Å². The van der Waals surface area contributed by atoms with Crippen molar-refractivity contribution in [2.24, 2.45) is 5.92 Å². The molecule has 0 amide bonds. The summed E-state index contributed by atoms with van der Waals surface area (Å²) in [5.74, 6) is 6.36. The molecule has 2 N–H and O–H groups in total. The summed E-state index contributed by atoms with van der Waals surface area (Å²) in [6, 6.07) is 8.13. The standard InChI is InChI=1S/C17H23NO2/c19-11-4-8-16-6-1-2-7-17(16)14-18-10-3-5-15(13-18)9-12-20/h1-2,6-7,15,19-20H,3,5,9-14H2. The molecule has 1 fully saturated rings. The predicted molar refractivity (Wildman–Crippen MR) is 80.1 cm³/mol. The molecule has 1 unspecified atom stereocenters. The van der Waals surface area contributed by atoms with Crippen molar-refractivity contribution < 1.29 is 10.2 Å². The van der Waals surface area contributed by atoms with Gasteiger partial charge in [-0.3, -0.25) is 4.90 Å². The van der Waals surface area contributed by atoms with Crippen molar-refractivity contribution >= 4 is 0 Å². The van der Waals surface area contributed by atoms with Crippen LogP contribution in [0.2, 0.25) is 0 Å². The number of rotatable bonds is 4. The summed E-state index contributed by atoms with van der Waals surface area (Å²) in [4.78, 5) is 2.45. The average Bonchev–Trinajstić information content (AvgIpc) is 2.47. The summed E-state index contributed by atoms with van der Waals surface area (Å²) in [5.41, 5.74) is 2.23. The number of likely N-dealkylation sites (tertiary alicyclic amines) is 1. The van der Waals surface area contributed by atoms with E-state index in [2.05, 4.69) is 22.8 Å². The highest BCUT2D eigenvalue weighted by atomic mass is 16.3. The molecular formula is C17H23NO2. The molecule has 1 aromatic carbocycles. The number of nitrogens with zero attached hydrogens (tertiary/aromatic N) is 1. The van der Waals surface area contributed by atoms with Gasteiger partial charge in [-0.25, -0.2) is 0 Å². The van der Waals surface area contributed by atoms with Crippen molar-refractivity contribution in [3.8, 4) is 11.8 Å². The zero-order valence-corrected chi connectivity index (χ0v) is 11.9. The lowest BCUT2D eigenvalue weighted by molar-refractivity contribution is 0.142. The van der Waals surface area contributed by atoms with E-state index in [4.69, 9.17) is 10.2 Å². The molecule has 0 saturated carbocycles. The maximum Gasteiger partial charge on any atom is 0.104 e. The summed E-state index contributed by atoms with van der Waals surface area (Å²) in [6.45, 7) is 3.26. The first-order chi connectivity index (χ1) is 9.83. The molecule has 1 atom stereocenters. The van der Waals surface area contributed by atoms with E-state index in [1.54, 1.807) is 0 Å². The number of aliphatic hydroxyl groups is 2. The minimum Gasteiger partial charge on any atom is -0.396 e. The van der Waals surface area contributed by atoms with Gasteiger partial charge >= 0.3 is 0 Å². The number of aliphatic hydroxyl groups excluding tert-OH is 2. The largest absolute Gasteiger partial charge is 0.396 e. The maximum atomic E-state index is 9.08. The Morgan fingerprint density at radius 2 is 2.10 bits per heavy atom. The van der Waals surface area contributed by atoms with Gasteiger partial charge in [0.2, 0.25) is 0 Å². The monoisotopic (exact) mass is 273 g/mol. The molecule has 20 heavy (non-hydrogen) atoms. The molecule has 0 bridgehead atoms. The van der Waals surface area contributed by atoms with Crippen LogP contribution in [0.3, 0.4) is 0 Å². The highest BCUT2D eigenvalue weighted by molar-refractivity contribution is 5.41. The van der Waals surface area contributed by atoms with Crippen molar-refractivity contribution in [3.05, 3.63) is 35.4 Å². The van der Waals surface area contributed by atoms with Gasteiger partial charge in [0.25, 0.3) is 0 Å². The molecule has 1 aromatic rings. The molecule has 1 aliphatic heterocycles. The number of piperidine rings is 1. The average molecular weight is 273 g/mol. The first-order valence-corrected chi connectivity index (χ1v) is 7.34. The van der Waals surface area contributed by atoms with Crippen LogP contribution < -0.4 is 0 Å². The summed E-state index contributed by atoms with van der Waals surface area (Å²) < 4.78 is 0. The summed E-state index contributed by atoms with van der Waals surface area (Å²) in [6.07, 6.45) is 3.33. The van der Waals surface area contributed by atoms with Crippen LogP contribution >= 0.6 is 0 Å². The second-order valence-corrected chi connectivity index (χ2v) is 5.37. The third-order valence-electron chi connectivity index (χ3n) is 3.85. The number of hydrogen-bond donors (Lipinski definition) is 2. The zero-order valence-electron chi connectivity index (χ0n) is 11.9. The zero-order chi connectivity index (χ0) is 14.2. The van der Waals surface area contributed by atoms with E-state index in [-0.39, 0.29) is 13.2 Å². The van der Waals surface area contributed by atoms with Crippen molar-refractivity contribution in [1.82, 2.24) is 4.90 Å². The number of hydrogen-bond acceptors (Lipinski definition) is 3. The Hall–Kier alpha value is -1.34. The van der Waals surface area contributed by atoms with Gasteiger partial charge in [0.05, 0.1) is 0 Å². The van der Waals surface area contributed by atoms with Crippen LogP contribution in [0.4, 0.5) is 0 Å². The molecule has 3 nitrogen and oxygen atoms in total. The Morgan fingerprint density at radius 1 is 1.25 bits per heavy atom. The van der Waals surface area contributed by atoms with Gasteiger partial charge in [-0.05, 0) is 43.4 Å². The first kappa shape index (κ1) is 15.1. The van der Waals surface area contributed by atoms with Crippen LogP contribution in [0.25, 0.3) is 0 Å². The minimum atomic E-state index is -0.101. The summed E-state index contributed by atoms with van der Waals surface area (Å²) >= 11 is 0. The van der Waals surface area contributed by atoms with Crippen molar-refractivity contribution in [2.45, 2.75) is 25.8 Å². The Balaban J connectivity index is 2.02. The minimum absolute atomic E-state index is 0.101. The third kappa shape index (κ3) is 4.35. The molecule has 1 saturated heterocycles. The fourth-order valence-corrected chi connectivity index (χ4v) is 2.87. The predicted octanol–water partition coefficient (Wildman–Crippen LogP) is 1.62. The lowest BCUT2D eigenvalue weighted by Gasteiger charge is -2.32. The molecular weight excluding hydrogens is 250 g/mol. The second-order valence-electron chi connectivity index (χ2n) is 5.37. The third-order valence-corrected chi connectivity index (χ3v) is 3.85. The van der Waals surface area contributed by atoms with Crippen molar-refractivity contribution in [3.63, 3.8) is 0 Å². The molecule has 3 heteroatoms. The second kappa shape index (κ2) is 8.06. The van der Waals surface area contributed by atoms with Gasteiger partial charge in [-0.15, -0.1) is 0 Å². The highest BCUT2D eigenvalue weighted by Crippen LogP contribution is 2.21. The molecule has 1 heterocycles. The quantitative estimate of drug-likeness (QED) is 0.819. The Kier molecular flexibility index (Phi) is 6.07. The van der Waals surface area contributed by atoms with Crippen LogP contribution in [-0.2, 0) is 6.54 Å². The van der Waals surface area contributed by atoms with E-state index in [1.165, 1.54) is 18.4 Å². The van der Waals surface area contributed by atoms with Gasteiger partial charge < -0.3 is 10.2 Å². The normalized spacial score (nSPS) is 19.4. The van der Waals surface area contributed by atoms with Crippen molar-refractivity contribution in [1.29, 1.82) is 0 Å². The van der Waals surface area contributed by atoms with Gasteiger partial charge in [0.1, 0.15) is 6.61 Å². The molecule has 2 rings (SSSR count). The van der Waals surface area contributed by atoms with Crippen LogP contribution in [0, 0.1) is 17.8 Å². The van der Waals surface area contributed by atoms with E-state index in [0.717, 1.165) is 31.6 Å². The first-order valence-electron chi connectivity index (χ1n) is 7.34. The van der Waals surface area contributed by atoms with E-state index >= 15 is 0 Å². The van der Waals surface area contributed by atoms with Crippen LogP contribution in [0.1, 0.15) is 30.4 Å². The smallest absolute Gasteiger partial charge is 0.104 e. The Bertz CT molecular complexity index is 473. The highest BCUT2D eigenvalue weighted by Gasteiger charge is 2.19. The van der Waals surface area contributed by atoms with E-state index in [9.17, 15) is 0 Å². The van der Waals surface area contributed by atoms with Crippen LogP contribution in [-0.4, -0.2) is 41.4 Å². The molecule has 1 aliphatic rings. The van der Waals surface area contributed by atoms with Gasteiger partial charge in [-0.2, -0.15) is 0 Å². The lowest BCUT2D eigenvalue weighted by atomic mass is 9.94. The Morgan fingerprint density at radius 3 is 2.90 bits per heavy atom. The molecule has 108 valence electrons. The lowest BCUT2D eigenvalue weighted by Crippen LogP contribution is -2.35. The van der Waals surface area contributed by atoms with Gasteiger partial charge in [0, 0.05) is 25.3 Å². The van der Waals surface area contributed by atoms with Crippen molar-refractivity contribution in [2.75, 3.05) is 26.3 Å². The van der Waals surface area contributed by atoms with E-state index in [0.29, 0.717) is 5.92 Å². The SMILES string of the molecule is OCC#Cc1ccccc1CN1CCCC(CCO)C1. The molecule has 0 spiro atoms. The molecule has 0 aromatic heterocycles. The Labute approximate surface area is 121 Å². The van der Waals surface area contributed by atoms with E-state index in [1.807, 2.05) is 18.2 Å². The fourth-order valence-electron chi connectivity index (χ4n) is 2.87. The molecule has 0 radical (unpaired) electrons. The van der Waals surface area contributed by atoms with Gasteiger partial charge in [0.15, 0.2) is 0 Å².